The summed E-state index contributed by atoms with van der Waals surface area (Å²) < 4.78 is 11.0. The van der Waals surface area contributed by atoms with Gasteiger partial charge in [-0.25, -0.2) is 4.79 Å². The van der Waals surface area contributed by atoms with Crippen molar-refractivity contribution in [3.8, 4) is 0 Å². The van der Waals surface area contributed by atoms with E-state index in [1.54, 1.807) is 0 Å². The molecule has 0 aliphatic carbocycles. The molecule has 1 amide bonds. The number of hydrogen-bond donors (Lipinski definition) is 0. The summed E-state index contributed by atoms with van der Waals surface area (Å²) in [5, 5.41) is 0. The molecular formula is C16H31NO3. The molecule has 0 N–H and O–H groups in total. The van der Waals surface area contributed by atoms with E-state index < -0.39 is 0 Å². The van der Waals surface area contributed by atoms with Crippen LogP contribution in [-0.4, -0.2) is 43.4 Å². The normalized spacial score (nSPS) is 21.9. The van der Waals surface area contributed by atoms with Crippen LogP contribution in [0.4, 0.5) is 4.79 Å². The van der Waals surface area contributed by atoms with E-state index in [2.05, 4.69) is 13.8 Å². The van der Waals surface area contributed by atoms with Gasteiger partial charge in [0.1, 0.15) is 0 Å². The first-order valence-electron chi connectivity index (χ1n) is 8.26. The van der Waals surface area contributed by atoms with E-state index in [4.69, 9.17) is 9.47 Å². The Morgan fingerprint density at radius 1 is 1.25 bits per heavy atom. The van der Waals surface area contributed by atoms with E-state index in [0.29, 0.717) is 18.6 Å². The monoisotopic (exact) mass is 285 g/mol. The third kappa shape index (κ3) is 5.70. The molecule has 4 nitrogen and oxygen atoms in total. The number of ether oxygens (including phenoxy) is 2. The van der Waals surface area contributed by atoms with Crippen LogP contribution in [0, 0.1) is 5.92 Å². The minimum absolute atomic E-state index is 0.165. The molecule has 1 heterocycles. The van der Waals surface area contributed by atoms with Gasteiger partial charge in [0.15, 0.2) is 0 Å². The lowest BCUT2D eigenvalue weighted by atomic mass is 9.96. The van der Waals surface area contributed by atoms with Crippen molar-refractivity contribution in [3.05, 3.63) is 0 Å². The van der Waals surface area contributed by atoms with Crippen LogP contribution in [0.15, 0.2) is 0 Å². The Hall–Kier alpha value is -0.770. The van der Waals surface area contributed by atoms with Gasteiger partial charge >= 0.3 is 6.09 Å². The van der Waals surface area contributed by atoms with Crippen LogP contribution >= 0.6 is 0 Å². The van der Waals surface area contributed by atoms with Crippen LogP contribution in [0.25, 0.3) is 0 Å². The summed E-state index contributed by atoms with van der Waals surface area (Å²) in [6.07, 6.45) is 6.87. The van der Waals surface area contributed by atoms with Gasteiger partial charge in [-0.3, -0.25) is 0 Å². The Balaban J connectivity index is 2.51. The quantitative estimate of drug-likeness (QED) is 0.646. The molecule has 1 rings (SSSR count). The zero-order chi connectivity index (χ0) is 14.8. The Morgan fingerprint density at radius 3 is 2.65 bits per heavy atom. The molecule has 1 aliphatic rings. The lowest BCUT2D eigenvalue weighted by molar-refractivity contribution is 0.0623. The van der Waals surface area contributed by atoms with Gasteiger partial charge < -0.3 is 14.4 Å². The fourth-order valence-corrected chi connectivity index (χ4v) is 2.73. The molecule has 1 fully saturated rings. The Kier molecular flexibility index (Phi) is 8.67. The Morgan fingerprint density at radius 2 is 2.00 bits per heavy atom. The van der Waals surface area contributed by atoms with Crippen LogP contribution in [0.3, 0.4) is 0 Å². The highest BCUT2D eigenvalue weighted by Gasteiger charge is 2.30. The lowest BCUT2D eigenvalue weighted by Crippen LogP contribution is -2.38. The third-order valence-corrected chi connectivity index (χ3v) is 3.95. The van der Waals surface area contributed by atoms with E-state index in [1.807, 2.05) is 11.8 Å². The van der Waals surface area contributed by atoms with Crippen molar-refractivity contribution in [2.24, 2.45) is 5.92 Å². The van der Waals surface area contributed by atoms with E-state index in [9.17, 15) is 4.79 Å². The zero-order valence-electron chi connectivity index (χ0n) is 13.4. The molecule has 1 saturated heterocycles. The highest BCUT2D eigenvalue weighted by Crippen LogP contribution is 2.26. The first-order valence-corrected chi connectivity index (χ1v) is 8.26. The van der Waals surface area contributed by atoms with E-state index >= 15 is 0 Å². The molecule has 4 heteroatoms. The van der Waals surface area contributed by atoms with Crippen LogP contribution < -0.4 is 0 Å². The molecule has 0 aromatic rings. The van der Waals surface area contributed by atoms with Gasteiger partial charge in [-0.2, -0.15) is 0 Å². The van der Waals surface area contributed by atoms with Crippen molar-refractivity contribution in [1.82, 2.24) is 4.90 Å². The maximum Gasteiger partial charge on any atom is 0.409 e. The van der Waals surface area contributed by atoms with Gasteiger partial charge in [0.2, 0.25) is 0 Å². The minimum Gasteiger partial charge on any atom is -0.450 e. The van der Waals surface area contributed by atoms with Gasteiger partial charge in [-0.05, 0) is 26.2 Å². The highest BCUT2D eigenvalue weighted by molar-refractivity contribution is 5.67. The van der Waals surface area contributed by atoms with Crippen molar-refractivity contribution < 1.29 is 14.3 Å². The average Bonchev–Trinajstić information content (AvgIpc) is 2.88. The second-order valence-electron chi connectivity index (χ2n) is 5.60. The van der Waals surface area contributed by atoms with E-state index in [-0.39, 0.29) is 6.09 Å². The maximum atomic E-state index is 12.0. The topological polar surface area (TPSA) is 38.8 Å². The second kappa shape index (κ2) is 10.0. The van der Waals surface area contributed by atoms with Gasteiger partial charge in [-0.1, -0.05) is 33.1 Å². The van der Waals surface area contributed by atoms with Crippen molar-refractivity contribution in [3.63, 3.8) is 0 Å². The van der Waals surface area contributed by atoms with Crippen LogP contribution in [0.5, 0.6) is 0 Å². The van der Waals surface area contributed by atoms with Gasteiger partial charge in [0.25, 0.3) is 0 Å². The summed E-state index contributed by atoms with van der Waals surface area (Å²) in [5.41, 5.74) is 0. The summed E-state index contributed by atoms with van der Waals surface area (Å²) in [7, 11) is 0. The largest absolute Gasteiger partial charge is 0.450 e. The summed E-state index contributed by atoms with van der Waals surface area (Å²) in [5.74, 6) is 0.475. The minimum atomic E-state index is -0.165. The number of carbonyl (C=O) groups excluding carboxylic acids is 1. The number of hydrogen-bond acceptors (Lipinski definition) is 3. The predicted molar refractivity (Wildman–Crippen MR) is 80.9 cm³/mol. The third-order valence-electron chi connectivity index (χ3n) is 3.95. The van der Waals surface area contributed by atoms with Gasteiger partial charge in [-0.15, -0.1) is 0 Å². The molecule has 2 atom stereocenters. The lowest BCUT2D eigenvalue weighted by Gasteiger charge is -2.27. The number of carbonyl (C=O) groups is 1. The van der Waals surface area contributed by atoms with Crippen LogP contribution in [-0.2, 0) is 9.47 Å². The summed E-state index contributed by atoms with van der Waals surface area (Å²) in [4.78, 5) is 13.9. The fraction of sp³-hybridized carbons (Fsp3) is 0.938. The Bertz CT molecular complexity index is 270. The fourth-order valence-electron chi connectivity index (χ4n) is 2.73. The molecule has 0 aromatic carbocycles. The van der Waals surface area contributed by atoms with Crippen molar-refractivity contribution >= 4 is 6.09 Å². The standard InChI is InChI=1S/C16H31NO3/c1-4-7-9-15-14(10-12-20-15)13-17(11-8-5-2)16(18)19-6-3/h14-15H,4-13H2,1-3H3/t14-,15-/m0/s1. The number of rotatable bonds is 9. The molecule has 0 saturated carbocycles. The number of amides is 1. The molecule has 118 valence electrons. The first kappa shape index (κ1) is 17.3. The smallest absolute Gasteiger partial charge is 0.409 e. The van der Waals surface area contributed by atoms with E-state index in [1.165, 1.54) is 12.8 Å². The van der Waals surface area contributed by atoms with Crippen LogP contribution in [0.2, 0.25) is 0 Å². The van der Waals surface area contributed by atoms with Crippen LogP contribution in [0.1, 0.15) is 59.3 Å². The summed E-state index contributed by atoms with van der Waals surface area (Å²) >= 11 is 0. The number of nitrogens with zero attached hydrogens (tertiary/aromatic N) is 1. The van der Waals surface area contributed by atoms with Crippen molar-refractivity contribution in [1.29, 1.82) is 0 Å². The first-order chi connectivity index (χ1) is 9.72. The summed E-state index contributed by atoms with van der Waals surface area (Å²) in [6.45, 7) is 9.08. The molecular weight excluding hydrogens is 254 g/mol. The molecule has 1 aliphatic heterocycles. The number of unbranched alkanes of at least 4 members (excludes halogenated alkanes) is 2. The SMILES string of the molecule is CCCC[C@@H]1OCC[C@H]1CN(CCCC)C(=O)OCC. The van der Waals surface area contributed by atoms with Gasteiger partial charge in [0, 0.05) is 25.6 Å². The molecule has 0 unspecified atom stereocenters. The van der Waals surface area contributed by atoms with Gasteiger partial charge in [0.05, 0.1) is 12.7 Å². The average molecular weight is 285 g/mol. The van der Waals surface area contributed by atoms with Crippen molar-refractivity contribution in [2.45, 2.75) is 65.4 Å². The maximum absolute atomic E-state index is 12.0. The zero-order valence-corrected chi connectivity index (χ0v) is 13.4. The Labute approximate surface area is 123 Å². The second-order valence-corrected chi connectivity index (χ2v) is 5.60. The molecule has 0 bridgehead atoms. The molecule has 0 radical (unpaired) electrons. The van der Waals surface area contributed by atoms with Crippen molar-refractivity contribution in [2.75, 3.05) is 26.3 Å². The molecule has 0 aromatic heterocycles. The highest BCUT2D eigenvalue weighted by atomic mass is 16.6. The summed E-state index contributed by atoms with van der Waals surface area (Å²) in [6, 6.07) is 0. The molecule has 0 spiro atoms. The van der Waals surface area contributed by atoms with E-state index in [0.717, 1.165) is 45.4 Å². The predicted octanol–water partition coefficient (Wildman–Crippen LogP) is 3.84. The molecule has 20 heavy (non-hydrogen) atoms.